The fourth-order valence-electron chi connectivity index (χ4n) is 5.28. The summed E-state index contributed by atoms with van der Waals surface area (Å²) < 4.78 is 1.57. The van der Waals surface area contributed by atoms with E-state index in [9.17, 15) is 0 Å². The molecule has 0 aromatic heterocycles. The molecule has 0 N–H and O–H groups in total. The molecule has 2 unspecified atom stereocenters. The molecule has 0 saturated carbocycles. The molecule has 5 heteroatoms. The Kier molecular flexibility index (Phi) is 10.7. The molecule has 0 amide bonds. The van der Waals surface area contributed by atoms with Crippen molar-refractivity contribution in [2.45, 2.75) is 67.0 Å². The Morgan fingerprint density at radius 3 is 1.68 bits per heavy atom. The number of benzene rings is 2. The third kappa shape index (κ3) is 4.70. The Morgan fingerprint density at radius 1 is 0.710 bits per heavy atom. The molecule has 0 spiro atoms. The second-order valence-corrected chi connectivity index (χ2v) is 14.3. The maximum absolute atomic E-state index is 2.61. The van der Waals surface area contributed by atoms with Gasteiger partial charge in [0.25, 0.3) is 0 Å². The van der Waals surface area contributed by atoms with Gasteiger partial charge in [-0.25, -0.2) is 0 Å². The minimum atomic E-state index is -2.16. The Balaban J connectivity index is 0.00000300. The van der Waals surface area contributed by atoms with Crippen molar-refractivity contribution in [1.29, 1.82) is 0 Å². The van der Waals surface area contributed by atoms with Crippen LogP contribution in [-0.2, 0) is 20.4 Å². The van der Waals surface area contributed by atoms with E-state index in [1.165, 1.54) is 33.4 Å². The van der Waals surface area contributed by atoms with Crippen LogP contribution in [0.2, 0.25) is 11.6 Å². The van der Waals surface area contributed by atoms with Gasteiger partial charge in [-0.2, -0.15) is 0 Å². The molecule has 0 saturated heterocycles. The largest absolute Gasteiger partial charge is 1.00 e. The topological polar surface area (TPSA) is 0 Å². The molecular weight excluding hydrogens is 495 g/mol. The minimum Gasteiger partial charge on any atom is -1.00 e. The molecule has 0 fully saturated rings. The van der Waals surface area contributed by atoms with E-state index >= 15 is 0 Å². The second kappa shape index (κ2) is 10.8. The van der Waals surface area contributed by atoms with Crippen molar-refractivity contribution in [1.82, 2.24) is 0 Å². The van der Waals surface area contributed by atoms with Gasteiger partial charge in [0.1, 0.15) is 0 Å². The van der Waals surface area contributed by atoms with Crippen LogP contribution >= 0.6 is 0 Å². The zero-order chi connectivity index (χ0) is 21.0. The van der Waals surface area contributed by atoms with Crippen molar-refractivity contribution in [3.05, 3.63) is 79.2 Å². The van der Waals surface area contributed by atoms with Crippen LogP contribution in [0.1, 0.15) is 49.9 Å². The molecule has 2 atom stereocenters. The fraction of sp³-hybridized carbons (Fsp3) is 0.385. The quantitative estimate of drug-likeness (QED) is 0.375. The molecule has 0 aliphatic heterocycles. The summed E-state index contributed by atoms with van der Waals surface area (Å²) in [7, 11) is -2.16. The first-order valence-electron chi connectivity index (χ1n) is 10.2. The summed E-state index contributed by atoms with van der Waals surface area (Å²) in [4.78, 5) is 0. The average molecular weight is 528 g/mol. The summed E-state index contributed by atoms with van der Waals surface area (Å²) in [5.41, 5.74) is 10.1. The maximum Gasteiger partial charge on any atom is -1.00 e. The van der Waals surface area contributed by atoms with E-state index in [4.69, 9.17) is 0 Å². The van der Waals surface area contributed by atoms with Gasteiger partial charge in [0.05, 0.1) is 0 Å². The zero-order valence-electron chi connectivity index (χ0n) is 20.1. The monoisotopic (exact) mass is 526 g/mol. The molecule has 166 valence electrons. The first-order valence-corrected chi connectivity index (χ1v) is 13.5. The normalized spacial score (nSPS) is 20.0. The summed E-state index contributed by atoms with van der Waals surface area (Å²) in [6.07, 6.45) is 0. The van der Waals surface area contributed by atoms with Gasteiger partial charge in [-0.1, -0.05) is 0 Å². The van der Waals surface area contributed by atoms with E-state index in [2.05, 4.69) is 119 Å². The zero-order valence-corrected chi connectivity index (χ0v) is 24.9. The fourth-order valence-corrected chi connectivity index (χ4v) is 12.5. The van der Waals surface area contributed by atoms with Gasteiger partial charge in [0, 0.05) is 0 Å². The van der Waals surface area contributed by atoms with Crippen LogP contribution in [0.25, 0.3) is 0 Å². The molecule has 0 nitrogen and oxygen atoms in total. The van der Waals surface area contributed by atoms with E-state index in [-0.39, 0.29) is 42.3 Å². The van der Waals surface area contributed by atoms with E-state index in [1.807, 2.05) is 0 Å². The minimum absolute atomic E-state index is 0. The standard InChI is InChI=1S/C26H33Si.3ClH.Ti/c1-17-10-11-20(4)25(15-17)27(9,24-13-18(2)12-19(3)14-24)26(8)16-21(5)22(6)23(26)7;;;;/h10-15H,1-9H3;3*1H;/q;;;;+3/p-3. The second-order valence-electron chi connectivity index (χ2n) is 9.19. The number of halogens is 3. The van der Waals surface area contributed by atoms with Gasteiger partial charge in [-0.05, 0) is 0 Å². The summed E-state index contributed by atoms with van der Waals surface area (Å²) in [6, 6.07) is 14.3. The number of aryl methyl sites for hydroxylation is 4. The Morgan fingerprint density at radius 2 is 1.23 bits per heavy atom. The summed E-state index contributed by atoms with van der Waals surface area (Å²) >= 11 is 2.38. The number of hydrogen-bond acceptors (Lipinski definition) is 0. The van der Waals surface area contributed by atoms with Gasteiger partial charge in [-0.3, -0.25) is 0 Å². The molecule has 1 aliphatic carbocycles. The van der Waals surface area contributed by atoms with Crippen LogP contribution in [0.15, 0.2) is 57.0 Å². The third-order valence-corrected chi connectivity index (χ3v) is 14.9. The molecule has 0 heterocycles. The van der Waals surface area contributed by atoms with Gasteiger partial charge >= 0.3 is 185 Å². The first-order chi connectivity index (χ1) is 12.9. The first kappa shape index (κ1) is 30.7. The number of rotatable bonds is 3. The van der Waals surface area contributed by atoms with Crippen molar-refractivity contribution < 1.29 is 57.7 Å². The average Bonchev–Trinajstić information content (AvgIpc) is 2.78. The van der Waals surface area contributed by atoms with E-state index in [1.54, 1.807) is 19.8 Å². The number of hydrogen-bond donors (Lipinski definition) is 0. The number of allylic oxidation sites excluding steroid dienone is 4. The third-order valence-electron chi connectivity index (χ3n) is 7.48. The van der Waals surface area contributed by atoms with E-state index in [0.29, 0.717) is 0 Å². The predicted octanol–water partition coefficient (Wildman–Crippen LogP) is -2.94. The van der Waals surface area contributed by atoms with Crippen molar-refractivity contribution in [3.63, 3.8) is 0 Å². The molecule has 2 aromatic carbocycles. The van der Waals surface area contributed by atoms with E-state index in [0.717, 1.165) is 0 Å². The summed E-state index contributed by atoms with van der Waals surface area (Å²) in [5.74, 6) is 0. The van der Waals surface area contributed by atoms with Crippen molar-refractivity contribution in [3.8, 4) is 0 Å². The molecule has 2 aromatic rings. The SMILES string of the molecule is CC1=C(C)C(C)([Si](C)(c2cc(C)cc(C)c2)c2cc(C)ccc2C)[C]([Ti+3])=C1C.[Cl-].[Cl-].[Cl-]. The predicted molar refractivity (Wildman–Crippen MR) is 122 cm³/mol. The van der Waals surface area contributed by atoms with Crippen LogP contribution in [0.3, 0.4) is 0 Å². The molecule has 1 aliphatic rings. The molecule has 0 bridgehead atoms. The van der Waals surface area contributed by atoms with Gasteiger partial charge in [0.2, 0.25) is 0 Å². The summed E-state index contributed by atoms with van der Waals surface area (Å²) in [6.45, 7) is 21.2. The van der Waals surface area contributed by atoms with Crippen LogP contribution in [-0.4, -0.2) is 8.07 Å². The van der Waals surface area contributed by atoms with Crippen LogP contribution < -0.4 is 47.6 Å². The van der Waals surface area contributed by atoms with Crippen molar-refractivity contribution >= 4 is 18.4 Å². The van der Waals surface area contributed by atoms with Crippen molar-refractivity contribution in [2.24, 2.45) is 0 Å². The Bertz CT molecular complexity index is 995. The molecule has 0 radical (unpaired) electrons. The maximum atomic E-state index is 2.61. The van der Waals surface area contributed by atoms with E-state index < -0.39 is 8.07 Å². The molecule has 31 heavy (non-hydrogen) atoms. The van der Waals surface area contributed by atoms with Crippen LogP contribution in [0.5, 0.6) is 0 Å². The van der Waals surface area contributed by atoms with Gasteiger partial charge in [-0.15, -0.1) is 0 Å². The molecule has 3 rings (SSSR count). The summed E-state index contributed by atoms with van der Waals surface area (Å²) in [5, 5.41) is 3.23. The van der Waals surface area contributed by atoms with Crippen LogP contribution in [0, 0.1) is 27.7 Å². The molecular formula is C26H33Cl3SiTi. The van der Waals surface area contributed by atoms with Crippen molar-refractivity contribution in [2.75, 3.05) is 0 Å². The van der Waals surface area contributed by atoms with Gasteiger partial charge < -0.3 is 37.2 Å². The Hall–Kier alpha value is -0.279. The van der Waals surface area contributed by atoms with Crippen LogP contribution in [0.4, 0.5) is 0 Å². The Labute approximate surface area is 221 Å². The van der Waals surface area contributed by atoms with Gasteiger partial charge in [0.15, 0.2) is 0 Å². The smallest absolute Gasteiger partial charge is 1.00 e.